The molecule has 0 aliphatic carbocycles. The van der Waals surface area contributed by atoms with Crippen molar-refractivity contribution in [3.05, 3.63) is 5.21 Å². The number of hydrogen-bond acceptors (Lipinski definition) is 4. The van der Waals surface area contributed by atoms with Crippen molar-refractivity contribution in [1.29, 1.82) is 5.53 Å². The molecule has 62 valence electrons. The van der Waals surface area contributed by atoms with Gasteiger partial charge in [-0.3, -0.25) is 0 Å². The van der Waals surface area contributed by atoms with Crippen LogP contribution in [0.4, 0.5) is 0 Å². The van der Waals surface area contributed by atoms with Crippen molar-refractivity contribution in [2.75, 3.05) is 0 Å². The first-order valence-electron chi connectivity index (χ1n) is 3.61. The van der Waals surface area contributed by atoms with Gasteiger partial charge in [-0.1, -0.05) is 0 Å². The Balaban J connectivity index is 2.70. The normalized spacial score (nSPS) is 29.9. The maximum atomic E-state index is 11.3. The Labute approximate surface area is 65.2 Å². The van der Waals surface area contributed by atoms with Gasteiger partial charge in [0.1, 0.15) is 10.6 Å². The fraction of sp³-hybridized carbons (Fsp3) is 1.00. The number of hydrogen-bond donors (Lipinski definition) is 1. The minimum Gasteiger partial charge on any atom is -0.783 e. The maximum absolute atomic E-state index is 11.3. The van der Waals surface area contributed by atoms with Crippen LogP contribution in [-0.2, 0) is 0 Å². The van der Waals surface area contributed by atoms with Crippen LogP contribution in [0.5, 0.6) is 0 Å². The van der Waals surface area contributed by atoms with Gasteiger partial charge in [0.05, 0.1) is 0 Å². The van der Waals surface area contributed by atoms with Gasteiger partial charge in [-0.05, 0) is 26.7 Å². The van der Waals surface area contributed by atoms with Crippen molar-refractivity contribution in [3.63, 3.8) is 0 Å². The van der Waals surface area contributed by atoms with Crippen molar-refractivity contribution in [2.24, 2.45) is 5.11 Å². The molecule has 1 aliphatic heterocycles. The van der Waals surface area contributed by atoms with Gasteiger partial charge >= 0.3 is 0 Å². The van der Waals surface area contributed by atoms with Gasteiger partial charge in [0.2, 0.25) is 4.91 Å². The van der Waals surface area contributed by atoms with Crippen molar-refractivity contribution < 1.29 is 0 Å². The molecule has 1 N–H and O–H groups in total. The average molecular weight is 156 g/mol. The summed E-state index contributed by atoms with van der Waals surface area (Å²) in [5.74, 6) is 0. The predicted molar refractivity (Wildman–Crippen MR) is 39.6 cm³/mol. The van der Waals surface area contributed by atoms with Gasteiger partial charge in [0.15, 0.2) is 6.17 Å². The van der Waals surface area contributed by atoms with Crippen LogP contribution < -0.4 is 4.91 Å². The van der Waals surface area contributed by atoms with E-state index in [0.717, 1.165) is 11.5 Å². The van der Waals surface area contributed by atoms with E-state index in [-0.39, 0.29) is 5.54 Å². The standard InChI is InChI=1S/C6H12N4O/c1-6(2)4-3-5(8-9-7)10(6)11/h5,7H,3-4H2,1-2H3. The molecule has 5 heteroatoms. The third-order valence-corrected chi connectivity index (χ3v) is 2.07. The third kappa shape index (κ3) is 1.45. The van der Waals surface area contributed by atoms with Gasteiger partial charge in [-0.15, -0.1) is 0 Å². The van der Waals surface area contributed by atoms with Crippen LogP contribution in [0.1, 0.15) is 26.7 Å². The zero-order valence-corrected chi connectivity index (χ0v) is 6.74. The zero-order chi connectivity index (χ0) is 8.48. The highest BCUT2D eigenvalue weighted by Crippen LogP contribution is 2.32. The fourth-order valence-corrected chi connectivity index (χ4v) is 1.28. The molecule has 1 heterocycles. The molecule has 1 fully saturated rings. The first-order valence-corrected chi connectivity index (χ1v) is 3.61. The minimum absolute atomic E-state index is 0.334. The summed E-state index contributed by atoms with van der Waals surface area (Å²) in [6.07, 6.45) is 1.10. The summed E-state index contributed by atoms with van der Waals surface area (Å²) in [5.41, 5.74) is 6.15. The highest BCUT2D eigenvalue weighted by molar-refractivity contribution is 4.92. The second-order valence-electron chi connectivity index (χ2n) is 3.37. The molecule has 1 saturated heterocycles. The molecule has 0 aromatic carbocycles. The molecule has 0 spiro atoms. The number of nitrogens with zero attached hydrogens (tertiary/aromatic N) is 3. The number of rotatable bonds is 1. The van der Waals surface area contributed by atoms with E-state index in [2.05, 4.69) is 10.0 Å². The van der Waals surface area contributed by atoms with Crippen LogP contribution in [0.3, 0.4) is 0 Å². The molecule has 0 saturated carbocycles. The van der Waals surface area contributed by atoms with Crippen LogP contribution >= 0.6 is 0 Å². The Morgan fingerprint density at radius 2 is 2.36 bits per heavy atom. The second kappa shape index (κ2) is 2.70. The van der Waals surface area contributed by atoms with E-state index in [9.17, 15) is 5.21 Å². The van der Waals surface area contributed by atoms with E-state index in [1.54, 1.807) is 0 Å². The van der Waals surface area contributed by atoms with Crippen molar-refractivity contribution >= 4 is 0 Å². The Morgan fingerprint density at radius 1 is 1.73 bits per heavy atom. The van der Waals surface area contributed by atoms with Gasteiger partial charge in [-0.25, -0.2) is 0 Å². The number of nitrogens with one attached hydrogen (secondary N) is 1. The summed E-state index contributed by atoms with van der Waals surface area (Å²) >= 11 is 0. The van der Waals surface area contributed by atoms with Crippen LogP contribution in [-0.4, -0.2) is 16.8 Å². The monoisotopic (exact) mass is 156 g/mol. The van der Waals surface area contributed by atoms with Crippen LogP contribution in [0.2, 0.25) is 0 Å². The van der Waals surface area contributed by atoms with E-state index in [1.807, 2.05) is 13.8 Å². The minimum atomic E-state index is -0.428. The highest BCUT2D eigenvalue weighted by atomic mass is 16.5. The van der Waals surface area contributed by atoms with Gasteiger partial charge in [-0.2, -0.15) is 0 Å². The molecular formula is C6H12N4O. The first-order chi connectivity index (χ1) is 5.08. The number of hydroxylamine groups is 2. The zero-order valence-electron chi connectivity index (χ0n) is 6.74. The lowest BCUT2D eigenvalue weighted by molar-refractivity contribution is 0.199. The molecule has 0 radical (unpaired) electrons. The van der Waals surface area contributed by atoms with E-state index in [4.69, 9.17) is 5.53 Å². The molecule has 1 rings (SSSR count). The lowest BCUT2D eigenvalue weighted by Crippen LogP contribution is -2.37. The molecule has 1 aliphatic rings. The van der Waals surface area contributed by atoms with Crippen LogP contribution in [0.15, 0.2) is 5.11 Å². The molecule has 0 aromatic rings. The van der Waals surface area contributed by atoms with E-state index in [0.29, 0.717) is 6.42 Å². The second-order valence-corrected chi connectivity index (χ2v) is 3.37. The molecule has 0 amide bonds. The maximum Gasteiger partial charge on any atom is 0.215 e. The molecule has 1 atom stereocenters. The Morgan fingerprint density at radius 3 is 2.73 bits per heavy atom. The molecule has 0 aromatic heterocycles. The summed E-state index contributed by atoms with van der Waals surface area (Å²) in [7, 11) is 0. The summed E-state index contributed by atoms with van der Waals surface area (Å²) < 4.78 is 0. The topological polar surface area (TPSA) is 76.6 Å². The van der Waals surface area contributed by atoms with Crippen LogP contribution in [0, 0.1) is 10.7 Å². The molecule has 1 unspecified atom stereocenters. The SMILES string of the molecule is CC1(C)CCC(N=[N+]=N)N1[O-]. The van der Waals surface area contributed by atoms with Gasteiger partial charge in [0.25, 0.3) is 0 Å². The quantitative estimate of drug-likeness (QED) is 0.458. The largest absolute Gasteiger partial charge is 0.783 e. The first kappa shape index (κ1) is 8.33. The Hall–Kier alpha value is -0.770. The van der Waals surface area contributed by atoms with Crippen molar-refractivity contribution in [3.8, 4) is 0 Å². The fourth-order valence-electron chi connectivity index (χ4n) is 1.28. The summed E-state index contributed by atoms with van der Waals surface area (Å²) in [6, 6.07) is 0. The molecule has 0 bridgehead atoms. The summed E-state index contributed by atoms with van der Waals surface area (Å²) in [4.78, 5) is 2.87. The lowest BCUT2D eigenvalue weighted by Gasteiger charge is -2.37. The highest BCUT2D eigenvalue weighted by Gasteiger charge is 2.35. The Kier molecular flexibility index (Phi) is 2.04. The molecule has 5 nitrogen and oxygen atoms in total. The van der Waals surface area contributed by atoms with Crippen molar-refractivity contribution in [2.45, 2.75) is 38.4 Å². The van der Waals surface area contributed by atoms with Gasteiger partial charge in [0, 0.05) is 5.54 Å². The van der Waals surface area contributed by atoms with E-state index in [1.165, 1.54) is 0 Å². The lowest BCUT2D eigenvalue weighted by atomic mass is 10.0. The van der Waals surface area contributed by atoms with E-state index < -0.39 is 6.17 Å². The van der Waals surface area contributed by atoms with Crippen molar-refractivity contribution in [1.82, 2.24) is 9.97 Å². The van der Waals surface area contributed by atoms with Crippen LogP contribution in [0.25, 0.3) is 0 Å². The smallest absolute Gasteiger partial charge is 0.215 e. The summed E-state index contributed by atoms with van der Waals surface area (Å²) in [5, 5.41) is 15.7. The molecule has 11 heavy (non-hydrogen) atoms. The summed E-state index contributed by atoms with van der Waals surface area (Å²) in [6.45, 7) is 3.75. The Bertz CT molecular complexity index is 197. The van der Waals surface area contributed by atoms with Gasteiger partial charge < -0.3 is 10.3 Å². The predicted octanol–water partition coefficient (Wildman–Crippen LogP) is 1.24. The average Bonchev–Trinajstić information content (AvgIpc) is 2.17. The third-order valence-electron chi connectivity index (χ3n) is 2.07. The molecular weight excluding hydrogens is 144 g/mol. The van der Waals surface area contributed by atoms with E-state index >= 15 is 0 Å².